The van der Waals surface area contributed by atoms with Gasteiger partial charge in [0.15, 0.2) is 5.11 Å². The van der Waals surface area contributed by atoms with Crippen molar-refractivity contribution in [1.82, 2.24) is 4.91 Å². The maximum Gasteiger partial charge on any atom is 0.261 e. The predicted octanol–water partition coefficient (Wildman–Crippen LogP) is -2.66. The van der Waals surface area contributed by atoms with E-state index >= 15 is 0 Å². The van der Waals surface area contributed by atoms with Crippen molar-refractivity contribution in [2.75, 3.05) is 6.61 Å². The maximum absolute atomic E-state index is 9.30. The fourth-order valence-corrected chi connectivity index (χ4v) is 1.23. The number of hydrogen-bond acceptors (Lipinski definition) is 7. The SMILES string of the molecule is N=[N+]=N[C@@H]1O[C@H](CO)[C@@H](O)[C@H](O)[C@H]1O. The zero-order chi connectivity index (χ0) is 10.7. The molecule has 80 valence electrons. The quantitative estimate of drug-likeness (QED) is 0.247. The van der Waals surface area contributed by atoms with E-state index < -0.39 is 37.3 Å². The average Bonchev–Trinajstić information content (AvgIpc) is 2.19. The second-order valence-corrected chi connectivity index (χ2v) is 2.93. The zero-order valence-corrected chi connectivity index (χ0v) is 7.19. The van der Waals surface area contributed by atoms with E-state index in [4.69, 9.17) is 15.4 Å². The molecular formula is C6H12N3O5+. The van der Waals surface area contributed by atoms with Crippen molar-refractivity contribution >= 4 is 0 Å². The van der Waals surface area contributed by atoms with Gasteiger partial charge in [-0.3, -0.25) is 0 Å². The Kier molecular flexibility index (Phi) is 3.64. The summed E-state index contributed by atoms with van der Waals surface area (Å²) in [6, 6.07) is 0. The number of hydrogen-bond donors (Lipinski definition) is 5. The Balaban J connectivity index is 2.77. The number of aliphatic hydroxyl groups is 4. The van der Waals surface area contributed by atoms with Crippen LogP contribution in [0.1, 0.15) is 0 Å². The summed E-state index contributed by atoms with van der Waals surface area (Å²) in [4.78, 5) is 2.65. The van der Waals surface area contributed by atoms with Crippen molar-refractivity contribution in [1.29, 1.82) is 5.53 Å². The second kappa shape index (κ2) is 4.56. The lowest BCUT2D eigenvalue weighted by molar-refractivity contribution is -0.228. The number of nitrogens with one attached hydrogen (secondary N) is 1. The van der Waals surface area contributed by atoms with E-state index in [2.05, 4.69) is 10.0 Å². The number of nitrogens with zero attached hydrogens (tertiary/aromatic N) is 2. The Morgan fingerprint density at radius 2 is 1.86 bits per heavy atom. The Morgan fingerprint density at radius 1 is 1.21 bits per heavy atom. The first-order chi connectivity index (χ1) is 6.61. The molecule has 0 saturated carbocycles. The van der Waals surface area contributed by atoms with Gasteiger partial charge in [0, 0.05) is 0 Å². The van der Waals surface area contributed by atoms with E-state index in [0.29, 0.717) is 0 Å². The molecule has 1 rings (SSSR count). The average molecular weight is 206 g/mol. The summed E-state index contributed by atoms with van der Waals surface area (Å²) in [5, 5.41) is 39.8. The van der Waals surface area contributed by atoms with Crippen LogP contribution >= 0.6 is 0 Å². The van der Waals surface area contributed by atoms with Gasteiger partial charge in [-0.25, -0.2) is 0 Å². The summed E-state index contributed by atoms with van der Waals surface area (Å²) >= 11 is 0. The predicted molar refractivity (Wildman–Crippen MR) is 41.0 cm³/mol. The minimum atomic E-state index is -1.48. The first-order valence-electron chi connectivity index (χ1n) is 3.99. The molecule has 1 aliphatic heterocycles. The lowest BCUT2D eigenvalue weighted by atomic mass is 9.99. The third kappa shape index (κ3) is 1.95. The van der Waals surface area contributed by atoms with Crippen molar-refractivity contribution in [2.45, 2.75) is 30.6 Å². The molecule has 5 atom stereocenters. The van der Waals surface area contributed by atoms with Crippen molar-refractivity contribution < 1.29 is 25.2 Å². The van der Waals surface area contributed by atoms with Gasteiger partial charge in [0.1, 0.15) is 29.9 Å². The van der Waals surface area contributed by atoms with Gasteiger partial charge >= 0.3 is 0 Å². The topological polar surface area (TPSA) is 140 Å². The van der Waals surface area contributed by atoms with Crippen molar-refractivity contribution in [2.24, 2.45) is 5.11 Å². The van der Waals surface area contributed by atoms with E-state index in [1.807, 2.05) is 0 Å². The molecule has 8 nitrogen and oxygen atoms in total. The highest BCUT2D eigenvalue weighted by Crippen LogP contribution is 2.21. The molecule has 1 saturated heterocycles. The molecule has 0 radical (unpaired) electrons. The highest BCUT2D eigenvalue weighted by molar-refractivity contribution is 4.90. The molecule has 0 aliphatic carbocycles. The largest absolute Gasteiger partial charge is 0.394 e. The molecule has 0 spiro atoms. The van der Waals surface area contributed by atoms with E-state index in [1.54, 1.807) is 0 Å². The first kappa shape index (κ1) is 11.2. The van der Waals surface area contributed by atoms with Gasteiger partial charge in [-0.2, -0.15) is 0 Å². The molecule has 0 aromatic heterocycles. The molecule has 14 heavy (non-hydrogen) atoms. The van der Waals surface area contributed by atoms with Crippen molar-refractivity contribution in [3.8, 4) is 0 Å². The van der Waals surface area contributed by atoms with E-state index in [1.165, 1.54) is 0 Å². The van der Waals surface area contributed by atoms with E-state index in [-0.39, 0.29) is 0 Å². The third-order valence-corrected chi connectivity index (χ3v) is 2.04. The summed E-state index contributed by atoms with van der Waals surface area (Å²) < 4.78 is 4.88. The van der Waals surface area contributed by atoms with Crippen LogP contribution in [0.5, 0.6) is 0 Å². The molecule has 0 unspecified atom stereocenters. The van der Waals surface area contributed by atoms with Crippen LogP contribution in [0.2, 0.25) is 0 Å². The van der Waals surface area contributed by atoms with Crippen LogP contribution in [-0.4, -0.2) is 57.7 Å². The molecule has 1 heterocycles. The van der Waals surface area contributed by atoms with Crippen molar-refractivity contribution in [3.05, 3.63) is 0 Å². The van der Waals surface area contributed by atoms with Crippen molar-refractivity contribution in [3.63, 3.8) is 0 Å². The number of rotatable bonds is 2. The highest BCUT2D eigenvalue weighted by Gasteiger charge is 2.45. The van der Waals surface area contributed by atoms with Gasteiger partial charge < -0.3 is 25.2 Å². The Hall–Kier alpha value is -0.890. The van der Waals surface area contributed by atoms with Crippen LogP contribution in [-0.2, 0) is 4.74 Å². The fraction of sp³-hybridized carbons (Fsp3) is 1.00. The molecule has 0 bridgehead atoms. The normalized spacial score (nSPS) is 43.0. The lowest BCUT2D eigenvalue weighted by Gasteiger charge is -2.35. The Labute approximate surface area is 79.0 Å². The summed E-state index contributed by atoms with van der Waals surface area (Å²) in [5.74, 6) is 0. The molecule has 0 amide bonds. The van der Waals surface area contributed by atoms with Gasteiger partial charge in [-0.15, -0.1) is 0 Å². The molecule has 0 aromatic rings. The van der Waals surface area contributed by atoms with Gasteiger partial charge in [-0.05, 0) is 0 Å². The van der Waals surface area contributed by atoms with E-state index in [9.17, 15) is 15.3 Å². The second-order valence-electron chi connectivity index (χ2n) is 2.93. The standard InChI is InChI=1S/C6H12N3O5/c7-9-8-6-5(13)4(12)3(11)2(1-10)14-6/h2-7,10-13H,1H2/q+1/t2-,3-,4+,5-,6-/m1/s1. The zero-order valence-electron chi connectivity index (χ0n) is 7.19. The number of aliphatic hydroxyl groups excluding tert-OH is 4. The monoisotopic (exact) mass is 206 g/mol. The molecule has 1 fully saturated rings. The van der Waals surface area contributed by atoms with Crippen LogP contribution in [0.25, 0.3) is 0 Å². The molecule has 8 heteroatoms. The summed E-state index contributed by atoms with van der Waals surface area (Å²) in [6.07, 6.45) is -6.59. The van der Waals surface area contributed by atoms with Crippen LogP contribution < -0.4 is 4.91 Å². The van der Waals surface area contributed by atoms with Gasteiger partial charge in [-0.1, -0.05) is 0 Å². The molecule has 1 aliphatic rings. The molecule has 0 aromatic carbocycles. The lowest BCUT2D eigenvalue weighted by Crippen LogP contribution is -2.57. The molecule has 5 N–H and O–H groups in total. The minimum absolute atomic E-state index is 0.519. The summed E-state index contributed by atoms with van der Waals surface area (Å²) in [6.45, 7) is -0.519. The van der Waals surface area contributed by atoms with Crippen LogP contribution in [0.4, 0.5) is 0 Å². The van der Waals surface area contributed by atoms with Gasteiger partial charge in [0.25, 0.3) is 6.23 Å². The Bertz CT molecular complexity index is 242. The summed E-state index contributed by atoms with van der Waals surface area (Å²) in [5.41, 5.74) is 6.43. The third-order valence-electron chi connectivity index (χ3n) is 2.04. The van der Waals surface area contributed by atoms with Gasteiger partial charge in [0.05, 0.1) is 6.61 Å². The van der Waals surface area contributed by atoms with E-state index in [0.717, 1.165) is 0 Å². The highest BCUT2D eigenvalue weighted by atomic mass is 16.6. The smallest absolute Gasteiger partial charge is 0.261 e. The Morgan fingerprint density at radius 3 is 2.36 bits per heavy atom. The molecular weight excluding hydrogens is 194 g/mol. The van der Waals surface area contributed by atoms with Crippen LogP contribution in [0.3, 0.4) is 0 Å². The van der Waals surface area contributed by atoms with Gasteiger partial charge in [0.2, 0.25) is 4.91 Å². The summed E-state index contributed by atoms with van der Waals surface area (Å²) in [7, 11) is 0. The first-order valence-corrected chi connectivity index (χ1v) is 3.99. The minimum Gasteiger partial charge on any atom is -0.394 e. The fourth-order valence-electron chi connectivity index (χ4n) is 1.23. The van der Waals surface area contributed by atoms with Crippen LogP contribution in [0.15, 0.2) is 5.11 Å². The van der Waals surface area contributed by atoms with Crippen LogP contribution in [0, 0.1) is 5.53 Å². The number of ether oxygens (including phenoxy) is 1. The maximum atomic E-state index is 9.30.